The molecule has 114 valence electrons. The van der Waals surface area contributed by atoms with Crippen molar-refractivity contribution in [1.29, 1.82) is 0 Å². The summed E-state index contributed by atoms with van der Waals surface area (Å²) in [5.74, 6) is -1.97. The number of halogens is 1. The molecule has 1 saturated carbocycles. The molecule has 3 N–H and O–H groups in total. The average molecular weight is 294 g/mol. The van der Waals surface area contributed by atoms with E-state index in [1.54, 1.807) is 0 Å². The van der Waals surface area contributed by atoms with Crippen molar-refractivity contribution >= 4 is 17.7 Å². The van der Waals surface area contributed by atoms with E-state index in [0.717, 1.165) is 31.7 Å². The molecular formula is C15H19FN2O3. The number of anilines is 1. The first-order valence-electron chi connectivity index (χ1n) is 7.03. The van der Waals surface area contributed by atoms with Crippen LogP contribution in [0, 0.1) is 11.2 Å². The summed E-state index contributed by atoms with van der Waals surface area (Å²) in [6, 6.07) is 2.91. The number of carbonyl (C=O) groups is 2. The molecule has 0 saturated heterocycles. The van der Waals surface area contributed by atoms with Gasteiger partial charge in [0.2, 0.25) is 0 Å². The summed E-state index contributed by atoms with van der Waals surface area (Å²) in [7, 11) is 0. The molecule has 0 atom stereocenters. The van der Waals surface area contributed by atoms with E-state index in [2.05, 4.69) is 17.6 Å². The number of aromatic carboxylic acids is 1. The van der Waals surface area contributed by atoms with Gasteiger partial charge in [0.1, 0.15) is 5.82 Å². The van der Waals surface area contributed by atoms with Crippen LogP contribution in [0.3, 0.4) is 0 Å². The van der Waals surface area contributed by atoms with Crippen molar-refractivity contribution in [3.05, 3.63) is 29.6 Å². The number of rotatable bonds is 6. The standard InChI is InChI=1S/C15H19FN2O3/c1-2-5-15(6-7-15)9-17-14(21)18-12-4-3-10(13(19)20)8-11(12)16/h3-4,8H,2,5-7,9H2,1H3,(H,19,20)(H2,17,18,21). The number of hydrogen-bond acceptors (Lipinski definition) is 2. The molecular weight excluding hydrogens is 275 g/mol. The Bertz CT molecular complexity index is 556. The van der Waals surface area contributed by atoms with Crippen LogP contribution in [0.2, 0.25) is 0 Å². The van der Waals surface area contributed by atoms with E-state index in [4.69, 9.17) is 5.11 Å². The highest BCUT2D eigenvalue weighted by Gasteiger charge is 2.41. The van der Waals surface area contributed by atoms with Crippen LogP contribution in [0.5, 0.6) is 0 Å². The predicted octanol–water partition coefficient (Wildman–Crippen LogP) is 3.23. The zero-order valence-electron chi connectivity index (χ0n) is 11.9. The summed E-state index contributed by atoms with van der Waals surface area (Å²) >= 11 is 0. The van der Waals surface area contributed by atoms with Crippen LogP contribution < -0.4 is 10.6 Å². The lowest BCUT2D eigenvalue weighted by molar-refractivity contribution is 0.0696. The molecule has 0 spiro atoms. The molecule has 6 heteroatoms. The van der Waals surface area contributed by atoms with Gasteiger partial charge in [-0.05, 0) is 42.9 Å². The maximum absolute atomic E-state index is 13.7. The first kappa shape index (κ1) is 15.3. The van der Waals surface area contributed by atoms with Gasteiger partial charge in [0.05, 0.1) is 11.3 Å². The van der Waals surface area contributed by atoms with E-state index in [1.807, 2.05) is 0 Å². The summed E-state index contributed by atoms with van der Waals surface area (Å²) in [5, 5.41) is 13.9. The SMILES string of the molecule is CCCC1(CNC(=O)Nc2ccc(C(=O)O)cc2F)CC1. The quantitative estimate of drug-likeness (QED) is 0.753. The topological polar surface area (TPSA) is 78.4 Å². The Morgan fingerprint density at radius 3 is 2.62 bits per heavy atom. The molecule has 1 aromatic rings. The molecule has 0 aliphatic heterocycles. The lowest BCUT2D eigenvalue weighted by Gasteiger charge is -2.15. The molecule has 0 radical (unpaired) electrons. The number of carboxylic acids is 1. The van der Waals surface area contributed by atoms with E-state index in [9.17, 15) is 14.0 Å². The molecule has 1 fully saturated rings. The largest absolute Gasteiger partial charge is 0.478 e. The molecule has 0 unspecified atom stereocenters. The minimum atomic E-state index is -1.21. The van der Waals surface area contributed by atoms with Crippen LogP contribution >= 0.6 is 0 Å². The van der Waals surface area contributed by atoms with E-state index in [1.165, 1.54) is 12.1 Å². The van der Waals surface area contributed by atoms with E-state index in [0.29, 0.717) is 6.54 Å². The third kappa shape index (κ3) is 3.93. The number of urea groups is 1. The molecule has 0 heterocycles. The highest BCUT2D eigenvalue weighted by Crippen LogP contribution is 2.48. The fourth-order valence-electron chi connectivity index (χ4n) is 2.41. The van der Waals surface area contributed by atoms with Crippen molar-refractivity contribution in [2.45, 2.75) is 32.6 Å². The first-order chi connectivity index (χ1) is 9.96. The number of hydrogen-bond donors (Lipinski definition) is 3. The Balaban J connectivity index is 1.89. The van der Waals surface area contributed by atoms with Gasteiger partial charge in [-0.2, -0.15) is 0 Å². The first-order valence-corrected chi connectivity index (χ1v) is 7.03. The molecule has 1 aromatic carbocycles. The number of amides is 2. The molecule has 2 amide bonds. The monoisotopic (exact) mass is 294 g/mol. The van der Waals surface area contributed by atoms with E-state index in [-0.39, 0.29) is 16.7 Å². The fourth-order valence-corrected chi connectivity index (χ4v) is 2.41. The van der Waals surface area contributed by atoms with Gasteiger partial charge in [-0.15, -0.1) is 0 Å². The zero-order chi connectivity index (χ0) is 15.5. The second-order valence-corrected chi connectivity index (χ2v) is 5.56. The van der Waals surface area contributed by atoms with Gasteiger partial charge in [-0.3, -0.25) is 0 Å². The Labute approximate surface area is 122 Å². The summed E-state index contributed by atoms with van der Waals surface area (Å²) in [4.78, 5) is 22.5. The van der Waals surface area contributed by atoms with Gasteiger partial charge in [-0.1, -0.05) is 13.3 Å². The smallest absolute Gasteiger partial charge is 0.335 e. The maximum atomic E-state index is 13.7. The normalized spacial score (nSPS) is 15.3. The zero-order valence-corrected chi connectivity index (χ0v) is 11.9. The molecule has 1 aliphatic carbocycles. The highest BCUT2D eigenvalue weighted by atomic mass is 19.1. The van der Waals surface area contributed by atoms with Gasteiger partial charge >= 0.3 is 12.0 Å². The number of benzene rings is 1. The number of nitrogens with one attached hydrogen (secondary N) is 2. The third-order valence-electron chi connectivity index (χ3n) is 3.83. The van der Waals surface area contributed by atoms with Crippen molar-refractivity contribution < 1.29 is 19.1 Å². The lowest BCUT2D eigenvalue weighted by atomic mass is 10.0. The van der Waals surface area contributed by atoms with Gasteiger partial charge in [-0.25, -0.2) is 14.0 Å². The molecule has 0 aromatic heterocycles. The summed E-state index contributed by atoms with van der Waals surface area (Å²) in [5.41, 5.74) is 0.0359. The average Bonchev–Trinajstić information content (AvgIpc) is 3.19. The number of carbonyl (C=O) groups excluding carboxylic acids is 1. The predicted molar refractivity (Wildman–Crippen MR) is 77.0 cm³/mol. The summed E-state index contributed by atoms with van der Waals surface area (Å²) in [6.07, 6.45) is 4.38. The van der Waals surface area contributed by atoms with Crippen LogP contribution in [0.4, 0.5) is 14.9 Å². The summed E-state index contributed by atoms with van der Waals surface area (Å²) < 4.78 is 13.7. The Morgan fingerprint density at radius 1 is 1.38 bits per heavy atom. The molecule has 0 bridgehead atoms. The van der Waals surface area contributed by atoms with Crippen molar-refractivity contribution in [2.75, 3.05) is 11.9 Å². The van der Waals surface area contributed by atoms with E-state index < -0.39 is 17.8 Å². The Hall–Kier alpha value is -2.11. The second kappa shape index (κ2) is 6.11. The lowest BCUT2D eigenvalue weighted by Crippen LogP contribution is -2.34. The Kier molecular flexibility index (Phi) is 4.45. The van der Waals surface area contributed by atoms with Crippen LogP contribution in [0.15, 0.2) is 18.2 Å². The Morgan fingerprint density at radius 2 is 2.10 bits per heavy atom. The molecule has 1 aliphatic rings. The van der Waals surface area contributed by atoms with Crippen LogP contribution in [-0.4, -0.2) is 23.7 Å². The fraction of sp³-hybridized carbons (Fsp3) is 0.467. The molecule has 21 heavy (non-hydrogen) atoms. The van der Waals surface area contributed by atoms with Gasteiger partial charge < -0.3 is 15.7 Å². The molecule has 2 rings (SSSR count). The maximum Gasteiger partial charge on any atom is 0.335 e. The van der Waals surface area contributed by atoms with Crippen molar-refractivity contribution in [1.82, 2.24) is 5.32 Å². The van der Waals surface area contributed by atoms with Crippen LogP contribution in [0.1, 0.15) is 43.0 Å². The highest BCUT2D eigenvalue weighted by molar-refractivity contribution is 5.91. The minimum Gasteiger partial charge on any atom is -0.478 e. The number of carboxylic acid groups (broad SMARTS) is 1. The third-order valence-corrected chi connectivity index (χ3v) is 3.83. The minimum absolute atomic E-state index is 0.0298. The van der Waals surface area contributed by atoms with E-state index >= 15 is 0 Å². The van der Waals surface area contributed by atoms with Crippen molar-refractivity contribution in [3.63, 3.8) is 0 Å². The molecule has 5 nitrogen and oxygen atoms in total. The summed E-state index contributed by atoms with van der Waals surface area (Å²) in [6.45, 7) is 2.70. The second-order valence-electron chi connectivity index (χ2n) is 5.56. The van der Waals surface area contributed by atoms with Crippen LogP contribution in [-0.2, 0) is 0 Å². The van der Waals surface area contributed by atoms with Crippen LogP contribution in [0.25, 0.3) is 0 Å². The van der Waals surface area contributed by atoms with Gasteiger partial charge in [0, 0.05) is 6.54 Å². The van der Waals surface area contributed by atoms with Gasteiger partial charge in [0.25, 0.3) is 0 Å². The van der Waals surface area contributed by atoms with Crippen molar-refractivity contribution in [2.24, 2.45) is 5.41 Å². The van der Waals surface area contributed by atoms with Crippen molar-refractivity contribution in [3.8, 4) is 0 Å². The van der Waals surface area contributed by atoms with Gasteiger partial charge in [0.15, 0.2) is 0 Å².